The highest BCUT2D eigenvalue weighted by molar-refractivity contribution is 5.82. The minimum Gasteiger partial charge on any atom is -0.378 e. The molecule has 0 fully saturated rings. The second-order valence-corrected chi connectivity index (χ2v) is 9.71. The largest absolute Gasteiger partial charge is 0.378 e. The summed E-state index contributed by atoms with van der Waals surface area (Å²) in [6.07, 6.45) is 0. The number of aromatic amines is 1. The third-order valence-electron chi connectivity index (χ3n) is 6.56. The summed E-state index contributed by atoms with van der Waals surface area (Å²) < 4.78 is 0. The standard InChI is InChI=1S/C34H29N5/c1-38(2)30-19-15-27(16-20-30)32-33(28-17-21-31(22-18-28)39(3)4)37-34(36-32)29-13-11-25(12-14-29)6-5-24-7-9-26(23-35)10-8-24/h7-22H,1-4H3,(H,36,37). The number of rotatable bonds is 5. The molecule has 190 valence electrons. The highest BCUT2D eigenvalue weighted by Gasteiger charge is 2.16. The molecule has 5 heteroatoms. The fourth-order valence-electron chi connectivity index (χ4n) is 4.26. The molecule has 0 aliphatic carbocycles. The van der Waals surface area contributed by atoms with Gasteiger partial charge < -0.3 is 14.8 Å². The molecule has 0 bridgehead atoms. The normalized spacial score (nSPS) is 10.3. The average Bonchev–Trinajstić information content (AvgIpc) is 3.42. The first kappa shape index (κ1) is 25.4. The number of H-pyrrole nitrogens is 1. The molecule has 1 aromatic heterocycles. The van der Waals surface area contributed by atoms with Gasteiger partial charge in [-0.05, 0) is 60.7 Å². The number of hydrogen-bond donors (Lipinski definition) is 1. The molecule has 39 heavy (non-hydrogen) atoms. The van der Waals surface area contributed by atoms with Gasteiger partial charge in [0.2, 0.25) is 0 Å². The SMILES string of the molecule is CN(C)c1ccc(-c2nc(-c3ccc(C#Cc4ccc(C#N)cc4)cc3)[nH]c2-c2ccc(N(C)C)cc2)cc1. The summed E-state index contributed by atoms with van der Waals surface area (Å²) in [4.78, 5) is 12.8. The molecule has 5 aromatic rings. The summed E-state index contributed by atoms with van der Waals surface area (Å²) in [5, 5.41) is 8.97. The number of aromatic nitrogens is 2. The van der Waals surface area contributed by atoms with E-state index in [1.807, 2.05) is 64.6 Å². The van der Waals surface area contributed by atoms with Crippen LogP contribution in [0.2, 0.25) is 0 Å². The van der Waals surface area contributed by atoms with Crippen LogP contribution >= 0.6 is 0 Å². The van der Waals surface area contributed by atoms with Crippen LogP contribution in [0.25, 0.3) is 33.9 Å². The molecule has 0 saturated heterocycles. The lowest BCUT2D eigenvalue weighted by Gasteiger charge is -2.13. The molecule has 0 spiro atoms. The van der Waals surface area contributed by atoms with Gasteiger partial charge in [0.25, 0.3) is 0 Å². The van der Waals surface area contributed by atoms with Crippen molar-refractivity contribution in [2.24, 2.45) is 0 Å². The number of benzene rings is 4. The van der Waals surface area contributed by atoms with Crippen molar-refractivity contribution >= 4 is 11.4 Å². The van der Waals surface area contributed by atoms with E-state index in [1.165, 1.54) is 0 Å². The Labute approximate surface area is 230 Å². The topological polar surface area (TPSA) is 59.0 Å². The van der Waals surface area contributed by atoms with E-state index in [4.69, 9.17) is 10.2 Å². The lowest BCUT2D eigenvalue weighted by molar-refractivity contribution is 1.13. The van der Waals surface area contributed by atoms with E-state index in [2.05, 4.69) is 81.2 Å². The number of nitriles is 1. The van der Waals surface area contributed by atoms with Crippen LogP contribution in [0.3, 0.4) is 0 Å². The molecule has 1 heterocycles. The lowest BCUT2D eigenvalue weighted by atomic mass is 10.0. The first-order chi connectivity index (χ1) is 18.9. The van der Waals surface area contributed by atoms with Crippen LogP contribution in [-0.4, -0.2) is 38.2 Å². The fourth-order valence-corrected chi connectivity index (χ4v) is 4.26. The molecular weight excluding hydrogens is 478 g/mol. The summed E-state index contributed by atoms with van der Waals surface area (Å²) in [5.74, 6) is 7.17. The van der Waals surface area contributed by atoms with Crippen molar-refractivity contribution in [3.63, 3.8) is 0 Å². The molecule has 1 N–H and O–H groups in total. The van der Waals surface area contributed by atoms with Gasteiger partial charge in [0.05, 0.1) is 23.0 Å². The predicted molar refractivity (Wildman–Crippen MR) is 161 cm³/mol. The number of hydrogen-bond acceptors (Lipinski definition) is 4. The van der Waals surface area contributed by atoms with Crippen LogP contribution < -0.4 is 9.80 Å². The highest BCUT2D eigenvalue weighted by Crippen LogP contribution is 2.34. The maximum Gasteiger partial charge on any atom is 0.138 e. The zero-order valence-electron chi connectivity index (χ0n) is 22.5. The molecule has 5 rings (SSSR count). The van der Waals surface area contributed by atoms with Gasteiger partial charge in [-0.15, -0.1) is 0 Å². The zero-order valence-corrected chi connectivity index (χ0v) is 22.5. The molecule has 0 saturated carbocycles. The Balaban J connectivity index is 1.49. The molecule has 0 atom stereocenters. The molecule has 0 radical (unpaired) electrons. The van der Waals surface area contributed by atoms with E-state index in [0.717, 1.165) is 56.4 Å². The van der Waals surface area contributed by atoms with E-state index in [0.29, 0.717) is 5.56 Å². The van der Waals surface area contributed by atoms with Gasteiger partial charge in [-0.1, -0.05) is 48.2 Å². The Morgan fingerprint density at radius 2 is 1.00 bits per heavy atom. The fraction of sp³-hybridized carbons (Fsp3) is 0.118. The summed E-state index contributed by atoms with van der Waals surface area (Å²) in [7, 11) is 8.16. The second-order valence-electron chi connectivity index (χ2n) is 9.71. The van der Waals surface area contributed by atoms with Gasteiger partial charge in [-0.3, -0.25) is 0 Å². The summed E-state index contributed by atoms with van der Waals surface area (Å²) in [6, 6.07) is 34.5. The van der Waals surface area contributed by atoms with Crippen molar-refractivity contribution in [3.05, 3.63) is 114 Å². The molecule has 0 aliphatic heterocycles. The Morgan fingerprint density at radius 3 is 1.49 bits per heavy atom. The Kier molecular flexibility index (Phi) is 7.17. The van der Waals surface area contributed by atoms with Gasteiger partial charge in [0.15, 0.2) is 0 Å². The quantitative estimate of drug-likeness (QED) is 0.265. The molecule has 4 aromatic carbocycles. The number of nitrogens with zero attached hydrogens (tertiary/aromatic N) is 4. The minimum absolute atomic E-state index is 0.629. The van der Waals surface area contributed by atoms with Crippen LogP contribution in [0.4, 0.5) is 11.4 Å². The smallest absolute Gasteiger partial charge is 0.138 e. The Bertz CT molecular complexity index is 1600. The molecule has 0 aliphatic rings. The van der Waals surface area contributed by atoms with Crippen molar-refractivity contribution in [1.82, 2.24) is 9.97 Å². The van der Waals surface area contributed by atoms with E-state index < -0.39 is 0 Å². The van der Waals surface area contributed by atoms with E-state index in [9.17, 15) is 0 Å². The maximum absolute atomic E-state index is 8.97. The van der Waals surface area contributed by atoms with Gasteiger partial charge in [-0.25, -0.2) is 4.98 Å². The minimum atomic E-state index is 0.629. The number of anilines is 2. The Hall–Kier alpha value is -5.26. The van der Waals surface area contributed by atoms with Gasteiger partial charge in [-0.2, -0.15) is 5.26 Å². The number of nitrogens with one attached hydrogen (secondary N) is 1. The second kappa shape index (κ2) is 11.0. The van der Waals surface area contributed by atoms with Crippen molar-refractivity contribution in [2.75, 3.05) is 38.0 Å². The van der Waals surface area contributed by atoms with Gasteiger partial charge >= 0.3 is 0 Å². The average molecular weight is 508 g/mol. The van der Waals surface area contributed by atoms with Crippen molar-refractivity contribution in [3.8, 4) is 51.8 Å². The van der Waals surface area contributed by atoms with Crippen molar-refractivity contribution < 1.29 is 0 Å². The highest BCUT2D eigenvalue weighted by atomic mass is 15.1. The summed E-state index contributed by atoms with van der Waals surface area (Å²) >= 11 is 0. The lowest BCUT2D eigenvalue weighted by Crippen LogP contribution is -2.08. The zero-order chi connectivity index (χ0) is 27.4. The van der Waals surface area contributed by atoms with E-state index >= 15 is 0 Å². The molecule has 0 unspecified atom stereocenters. The van der Waals surface area contributed by atoms with Crippen LogP contribution in [0.1, 0.15) is 16.7 Å². The van der Waals surface area contributed by atoms with Crippen LogP contribution in [0, 0.1) is 23.2 Å². The first-order valence-corrected chi connectivity index (χ1v) is 12.7. The molecule has 5 nitrogen and oxygen atoms in total. The predicted octanol–water partition coefficient (Wildman–Crippen LogP) is 6.81. The van der Waals surface area contributed by atoms with E-state index in [-0.39, 0.29) is 0 Å². The van der Waals surface area contributed by atoms with Crippen LogP contribution in [0.5, 0.6) is 0 Å². The third-order valence-corrected chi connectivity index (χ3v) is 6.56. The monoisotopic (exact) mass is 507 g/mol. The summed E-state index contributed by atoms with van der Waals surface area (Å²) in [6.45, 7) is 0. The van der Waals surface area contributed by atoms with Crippen LogP contribution in [-0.2, 0) is 0 Å². The molecule has 0 amide bonds. The Morgan fingerprint density at radius 1 is 0.564 bits per heavy atom. The maximum atomic E-state index is 8.97. The van der Waals surface area contributed by atoms with Gasteiger partial charge in [0.1, 0.15) is 5.82 Å². The van der Waals surface area contributed by atoms with Crippen molar-refractivity contribution in [1.29, 1.82) is 5.26 Å². The third kappa shape index (κ3) is 5.69. The van der Waals surface area contributed by atoms with E-state index in [1.54, 1.807) is 12.1 Å². The summed E-state index contributed by atoms with van der Waals surface area (Å²) in [5.41, 5.74) is 9.72. The molecular formula is C34H29N5. The van der Waals surface area contributed by atoms with Gasteiger partial charge in [0, 0.05) is 67.4 Å². The first-order valence-electron chi connectivity index (χ1n) is 12.7. The van der Waals surface area contributed by atoms with Crippen LogP contribution in [0.15, 0.2) is 97.1 Å². The van der Waals surface area contributed by atoms with Crippen molar-refractivity contribution in [2.45, 2.75) is 0 Å². The number of imidazole rings is 1.